The maximum absolute atomic E-state index is 13.0. The largest absolute Gasteiger partial charge is 0.343 e. The molecule has 1 aromatic heterocycles. The van der Waals surface area contributed by atoms with Gasteiger partial charge in [-0.2, -0.15) is 5.10 Å². The summed E-state index contributed by atoms with van der Waals surface area (Å²) >= 11 is 0. The minimum absolute atomic E-state index is 0.0231. The Labute approximate surface area is 219 Å². The van der Waals surface area contributed by atoms with Gasteiger partial charge in [-0.15, -0.1) is 0 Å². The van der Waals surface area contributed by atoms with E-state index in [1.54, 1.807) is 6.08 Å². The predicted molar refractivity (Wildman–Crippen MR) is 147 cm³/mol. The van der Waals surface area contributed by atoms with Gasteiger partial charge in [-0.3, -0.25) is 14.3 Å². The second-order valence-corrected chi connectivity index (χ2v) is 10.4. The molecule has 0 unspecified atom stereocenters. The standard InChI is InChI=1S/C31H36N4O2/c1-24-9-11-27(12-10-24)31-28(23-35(32-31)22-26-7-3-2-4-8-26)13-14-29(36)34-19-15-25(16-20-34)21-30(37)33-17-5-6-18-33/h2-4,7-14,23,25H,5-6,15-22H2,1H3/b14-13+. The van der Waals surface area contributed by atoms with Crippen LogP contribution in [0.25, 0.3) is 17.3 Å². The number of nitrogens with zero attached hydrogens (tertiary/aromatic N) is 4. The molecule has 3 heterocycles. The molecule has 2 aromatic carbocycles. The molecule has 0 radical (unpaired) electrons. The van der Waals surface area contributed by atoms with Gasteiger partial charge in [0.05, 0.1) is 12.2 Å². The van der Waals surface area contributed by atoms with Gasteiger partial charge in [-0.1, -0.05) is 60.2 Å². The summed E-state index contributed by atoms with van der Waals surface area (Å²) in [6.45, 7) is 5.98. The van der Waals surface area contributed by atoms with Crippen LogP contribution in [0.15, 0.2) is 66.9 Å². The summed E-state index contributed by atoms with van der Waals surface area (Å²) in [6.07, 6.45) is 10.3. The number of aryl methyl sites for hydroxylation is 1. The average Bonchev–Trinajstić information content (AvgIpc) is 3.60. The smallest absolute Gasteiger partial charge is 0.246 e. The van der Waals surface area contributed by atoms with Crippen molar-refractivity contribution >= 4 is 17.9 Å². The van der Waals surface area contributed by atoms with Crippen LogP contribution in [0.5, 0.6) is 0 Å². The van der Waals surface area contributed by atoms with Crippen LogP contribution in [0.1, 0.15) is 48.8 Å². The van der Waals surface area contributed by atoms with Crippen LogP contribution in [-0.4, -0.2) is 57.6 Å². The molecular weight excluding hydrogens is 460 g/mol. The number of carbonyl (C=O) groups is 2. The number of rotatable bonds is 7. The lowest BCUT2D eigenvalue weighted by atomic mass is 9.93. The maximum Gasteiger partial charge on any atom is 0.246 e. The van der Waals surface area contributed by atoms with E-state index < -0.39 is 0 Å². The lowest BCUT2D eigenvalue weighted by Gasteiger charge is -2.31. The number of aromatic nitrogens is 2. The molecule has 0 saturated carbocycles. The third kappa shape index (κ3) is 6.37. The number of amides is 2. The minimum atomic E-state index is 0.0231. The Morgan fingerprint density at radius 1 is 0.919 bits per heavy atom. The Balaban J connectivity index is 1.24. The van der Waals surface area contributed by atoms with Gasteiger partial charge in [0.15, 0.2) is 0 Å². The van der Waals surface area contributed by atoms with Crippen molar-refractivity contribution in [3.05, 3.63) is 83.6 Å². The van der Waals surface area contributed by atoms with E-state index in [1.165, 1.54) is 11.1 Å². The number of likely N-dealkylation sites (tertiary alicyclic amines) is 2. The SMILES string of the molecule is Cc1ccc(-c2nn(Cc3ccccc3)cc2/C=C/C(=O)N2CCC(CC(=O)N3CCCC3)CC2)cc1. The molecule has 6 nitrogen and oxygen atoms in total. The zero-order valence-electron chi connectivity index (χ0n) is 21.7. The topological polar surface area (TPSA) is 58.4 Å². The Morgan fingerprint density at radius 3 is 2.32 bits per heavy atom. The number of carbonyl (C=O) groups excluding carboxylic acids is 2. The summed E-state index contributed by atoms with van der Waals surface area (Å²) in [5, 5.41) is 4.87. The highest BCUT2D eigenvalue weighted by Crippen LogP contribution is 2.26. The molecule has 2 fully saturated rings. The molecule has 2 saturated heterocycles. The van der Waals surface area contributed by atoms with Crippen LogP contribution in [0.2, 0.25) is 0 Å². The van der Waals surface area contributed by atoms with Crippen molar-refractivity contribution in [1.29, 1.82) is 0 Å². The van der Waals surface area contributed by atoms with Crippen LogP contribution in [0, 0.1) is 12.8 Å². The second-order valence-electron chi connectivity index (χ2n) is 10.4. The summed E-state index contributed by atoms with van der Waals surface area (Å²) < 4.78 is 1.94. The first-order valence-corrected chi connectivity index (χ1v) is 13.5. The van der Waals surface area contributed by atoms with Gasteiger partial charge in [0.2, 0.25) is 11.8 Å². The summed E-state index contributed by atoms with van der Waals surface area (Å²) in [7, 11) is 0. The molecule has 2 aliphatic heterocycles. The van der Waals surface area contributed by atoms with Gasteiger partial charge >= 0.3 is 0 Å². The average molecular weight is 497 g/mol. The Hall–Kier alpha value is -3.67. The van der Waals surface area contributed by atoms with E-state index >= 15 is 0 Å². The quantitative estimate of drug-likeness (QED) is 0.424. The summed E-state index contributed by atoms with van der Waals surface area (Å²) in [6, 6.07) is 18.6. The molecule has 5 rings (SSSR count). The molecule has 37 heavy (non-hydrogen) atoms. The van der Waals surface area contributed by atoms with E-state index in [0.717, 1.165) is 55.6 Å². The predicted octanol–water partition coefficient (Wildman–Crippen LogP) is 5.17. The van der Waals surface area contributed by atoms with Crippen molar-refractivity contribution in [1.82, 2.24) is 19.6 Å². The van der Waals surface area contributed by atoms with Crippen LogP contribution in [0.3, 0.4) is 0 Å². The van der Waals surface area contributed by atoms with E-state index in [2.05, 4.69) is 43.3 Å². The van der Waals surface area contributed by atoms with Crippen molar-refractivity contribution in [2.45, 2.75) is 45.6 Å². The molecule has 3 aromatic rings. The lowest BCUT2D eigenvalue weighted by Crippen LogP contribution is -2.39. The van der Waals surface area contributed by atoms with E-state index in [9.17, 15) is 9.59 Å². The fourth-order valence-corrected chi connectivity index (χ4v) is 5.31. The van der Waals surface area contributed by atoms with Crippen molar-refractivity contribution in [2.24, 2.45) is 5.92 Å². The summed E-state index contributed by atoms with van der Waals surface area (Å²) in [4.78, 5) is 29.4. The molecule has 0 N–H and O–H groups in total. The molecule has 2 amide bonds. The zero-order chi connectivity index (χ0) is 25.6. The fourth-order valence-electron chi connectivity index (χ4n) is 5.31. The van der Waals surface area contributed by atoms with Crippen LogP contribution in [-0.2, 0) is 16.1 Å². The third-order valence-corrected chi connectivity index (χ3v) is 7.56. The third-order valence-electron chi connectivity index (χ3n) is 7.56. The molecule has 0 spiro atoms. The van der Waals surface area contributed by atoms with E-state index in [0.29, 0.717) is 37.9 Å². The number of benzene rings is 2. The Kier molecular flexibility index (Phi) is 7.83. The van der Waals surface area contributed by atoms with Gasteiger partial charge in [-0.25, -0.2) is 0 Å². The molecular formula is C31H36N4O2. The highest BCUT2D eigenvalue weighted by atomic mass is 16.2. The number of hydrogen-bond acceptors (Lipinski definition) is 3. The Morgan fingerprint density at radius 2 is 1.62 bits per heavy atom. The molecule has 0 atom stereocenters. The number of hydrogen-bond donors (Lipinski definition) is 0. The molecule has 6 heteroatoms. The first-order valence-electron chi connectivity index (χ1n) is 13.5. The highest BCUT2D eigenvalue weighted by molar-refractivity contribution is 5.93. The zero-order valence-corrected chi connectivity index (χ0v) is 21.7. The summed E-state index contributed by atoms with van der Waals surface area (Å²) in [5.41, 5.74) is 5.22. The monoisotopic (exact) mass is 496 g/mol. The first kappa shape index (κ1) is 25.0. The van der Waals surface area contributed by atoms with E-state index in [4.69, 9.17) is 5.10 Å². The lowest BCUT2D eigenvalue weighted by molar-refractivity contribution is -0.131. The molecule has 0 bridgehead atoms. The van der Waals surface area contributed by atoms with E-state index in [1.807, 2.05) is 45.0 Å². The van der Waals surface area contributed by atoms with Gasteiger partial charge in [-0.05, 0) is 50.2 Å². The van der Waals surface area contributed by atoms with Crippen LogP contribution < -0.4 is 0 Å². The molecule has 2 aliphatic rings. The van der Waals surface area contributed by atoms with Crippen molar-refractivity contribution in [3.63, 3.8) is 0 Å². The second kappa shape index (κ2) is 11.6. The van der Waals surface area contributed by atoms with Crippen molar-refractivity contribution < 1.29 is 9.59 Å². The fraction of sp³-hybridized carbons (Fsp3) is 0.387. The van der Waals surface area contributed by atoms with Gasteiger partial charge in [0.25, 0.3) is 0 Å². The van der Waals surface area contributed by atoms with Crippen molar-refractivity contribution in [2.75, 3.05) is 26.2 Å². The first-order chi connectivity index (χ1) is 18.0. The maximum atomic E-state index is 13.0. The minimum Gasteiger partial charge on any atom is -0.343 e. The molecule has 192 valence electrons. The van der Waals surface area contributed by atoms with Crippen LogP contribution >= 0.6 is 0 Å². The number of piperidine rings is 1. The van der Waals surface area contributed by atoms with Gasteiger partial charge < -0.3 is 9.80 Å². The molecule has 0 aliphatic carbocycles. The Bertz CT molecular complexity index is 1230. The summed E-state index contributed by atoms with van der Waals surface area (Å²) in [5.74, 6) is 0.693. The van der Waals surface area contributed by atoms with E-state index in [-0.39, 0.29) is 5.91 Å². The van der Waals surface area contributed by atoms with Gasteiger partial charge in [0.1, 0.15) is 0 Å². The highest BCUT2D eigenvalue weighted by Gasteiger charge is 2.26. The van der Waals surface area contributed by atoms with Crippen LogP contribution in [0.4, 0.5) is 0 Å². The normalized spacial score (nSPS) is 16.6. The van der Waals surface area contributed by atoms with Crippen molar-refractivity contribution in [3.8, 4) is 11.3 Å². The van der Waals surface area contributed by atoms with Gasteiger partial charge in [0, 0.05) is 56.0 Å².